The SMILES string of the molecule is CN(C)CC(O)CNCC1CCSCC1. The first-order valence-corrected chi connectivity index (χ1v) is 6.95. The topological polar surface area (TPSA) is 35.5 Å². The Bertz CT molecular complexity index is 161. The molecular formula is C11H24N2OS. The molecule has 0 aromatic rings. The summed E-state index contributed by atoms with van der Waals surface area (Å²) < 4.78 is 0. The van der Waals surface area contributed by atoms with E-state index in [9.17, 15) is 5.11 Å². The minimum atomic E-state index is -0.238. The number of rotatable bonds is 6. The Kier molecular flexibility index (Phi) is 6.64. The van der Waals surface area contributed by atoms with Crippen LogP contribution in [-0.4, -0.2) is 61.3 Å². The van der Waals surface area contributed by atoms with Crippen molar-refractivity contribution in [1.82, 2.24) is 10.2 Å². The zero-order chi connectivity index (χ0) is 11.1. The maximum Gasteiger partial charge on any atom is 0.0791 e. The second-order valence-electron chi connectivity index (χ2n) is 4.63. The van der Waals surface area contributed by atoms with E-state index in [2.05, 4.69) is 17.1 Å². The van der Waals surface area contributed by atoms with Crippen LogP contribution in [0.5, 0.6) is 0 Å². The first kappa shape index (κ1) is 13.3. The third kappa shape index (κ3) is 6.40. The van der Waals surface area contributed by atoms with E-state index in [0.29, 0.717) is 0 Å². The van der Waals surface area contributed by atoms with Crippen molar-refractivity contribution in [3.63, 3.8) is 0 Å². The molecule has 1 aliphatic rings. The highest BCUT2D eigenvalue weighted by molar-refractivity contribution is 7.99. The number of aliphatic hydroxyl groups is 1. The molecule has 0 aliphatic carbocycles. The standard InChI is InChI=1S/C11H24N2OS/c1-13(2)9-11(14)8-12-7-10-3-5-15-6-4-10/h10-12,14H,3-9H2,1-2H3. The van der Waals surface area contributed by atoms with Gasteiger partial charge in [0.05, 0.1) is 6.10 Å². The van der Waals surface area contributed by atoms with E-state index >= 15 is 0 Å². The molecule has 1 heterocycles. The first-order valence-electron chi connectivity index (χ1n) is 5.79. The Morgan fingerprint density at radius 3 is 2.67 bits per heavy atom. The molecule has 0 amide bonds. The molecule has 4 heteroatoms. The predicted octanol–water partition coefficient (Wildman–Crippen LogP) is 0.642. The Morgan fingerprint density at radius 1 is 1.40 bits per heavy atom. The summed E-state index contributed by atoms with van der Waals surface area (Å²) in [5.41, 5.74) is 0. The highest BCUT2D eigenvalue weighted by atomic mass is 32.2. The molecule has 2 N–H and O–H groups in total. The molecule has 3 nitrogen and oxygen atoms in total. The molecule has 0 aromatic carbocycles. The second-order valence-corrected chi connectivity index (χ2v) is 5.85. The Hall–Kier alpha value is 0.230. The lowest BCUT2D eigenvalue weighted by molar-refractivity contribution is 0.133. The minimum absolute atomic E-state index is 0.238. The van der Waals surface area contributed by atoms with Crippen molar-refractivity contribution in [2.75, 3.05) is 45.2 Å². The Morgan fingerprint density at radius 2 is 2.07 bits per heavy atom. The molecule has 1 atom stereocenters. The number of likely N-dealkylation sites (N-methyl/N-ethyl adjacent to an activating group) is 1. The predicted molar refractivity (Wildman–Crippen MR) is 67.5 cm³/mol. The summed E-state index contributed by atoms with van der Waals surface area (Å²) in [6.45, 7) is 2.54. The lowest BCUT2D eigenvalue weighted by Crippen LogP contribution is -2.37. The number of nitrogens with zero attached hydrogens (tertiary/aromatic N) is 1. The molecule has 1 unspecified atom stereocenters. The molecule has 0 aromatic heterocycles. The highest BCUT2D eigenvalue weighted by Gasteiger charge is 2.13. The van der Waals surface area contributed by atoms with Gasteiger partial charge in [0.15, 0.2) is 0 Å². The normalized spacial score (nSPS) is 20.8. The van der Waals surface area contributed by atoms with Gasteiger partial charge in [0.2, 0.25) is 0 Å². The summed E-state index contributed by atoms with van der Waals surface area (Å²) in [4.78, 5) is 2.02. The molecule has 90 valence electrons. The van der Waals surface area contributed by atoms with Gasteiger partial charge in [0.1, 0.15) is 0 Å². The summed E-state index contributed by atoms with van der Waals surface area (Å²) in [5.74, 6) is 3.46. The molecule has 0 saturated carbocycles. The summed E-state index contributed by atoms with van der Waals surface area (Å²) in [7, 11) is 3.98. The first-order chi connectivity index (χ1) is 7.18. The number of hydrogen-bond acceptors (Lipinski definition) is 4. The van der Waals surface area contributed by atoms with Crippen molar-refractivity contribution in [2.24, 2.45) is 5.92 Å². The van der Waals surface area contributed by atoms with E-state index in [1.807, 2.05) is 19.0 Å². The zero-order valence-electron chi connectivity index (χ0n) is 9.91. The fourth-order valence-corrected chi connectivity index (χ4v) is 3.09. The fraction of sp³-hybridized carbons (Fsp3) is 1.00. The van der Waals surface area contributed by atoms with Crippen LogP contribution in [0, 0.1) is 5.92 Å². The summed E-state index contributed by atoms with van der Waals surface area (Å²) >= 11 is 2.06. The van der Waals surface area contributed by atoms with Gasteiger partial charge in [0.25, 0.3) is 0 Å². The van der Waals surface area contributed by atoms with E-state index in [1.54, 1.807) is 0 Å². The zero-order valence-corrected chi connectivity index (χ0v) is 10.7. The lowest BCUT2D eigenvalue weighted by atomic mass is 10.0. The largest absolute Gasteiger partial charge is 0.390 e. The van der Waals surface area contributed by atoms with Crippen LogP contribution in [0.1, 0.15) is 12.8 Å². The molecule has 1 aliphatic heterocycles. The van der Waals surface area contributed by atoms with Crippen molar-refractivity contribution in [3.05, 3.63) is 0 Å². The van der Waals surface area contributed by atoms with Gasteiger partial charge in [-0.15, -0.1) is 0 Å². The maximum atomic E-state index is 9.64. The van der Waals surface area contributed by atoms with Gasteiger partial charge in [-0.2, -0.15) is 11.8 Å². The van der Waals surface area contributed by atoms with Crippen LogP contribution in [0.25, 0.3) is 0 Å². The van der Waals surface area contributed by atoms with Gasteiger partial charge >= 0.3 is 0 Å². The lowest BCUT2D eigenvalue weighted by Gasteiger charge is -2.23. The number of hydrogen-bond donors (Lipinski definition) is 2. The maximum absolute atomic E-state index is 9.64. The molecule has 1 saturated heterocycles. The third-order valence-electron chi connectivity index (χ3n) is 2.73. The van der Waals surface area contributed by atoms with E-state index in [4.69, 9.17) is 0 Å². The quantitative estimate of drug-likeness (QED) is 0.704. The Balaban J connectivity index is 1.99. The van der Waals surface area contributed by atoms with Gasteiger partial charge in [-0.05, 0) is 50.9 Å². The van der Waals surface area contributed by atoms with Crippen molar-refractivity contribution in [1.29, 1.82) is 0 Å². The fourth-order valence-electron chi connectivity index (χ4n) is 1.89. The van der Waals surface area contributed by atoms with Crippen LogP contribution in [0.4, 0.5) is 0 Å². The van der Waals surface area contributed by atoms with Crippen LogP contribution < -0.4 is 5.32 Å². The van der Waals surface area contributed by atoms with Crippen LogP contribution in [0.2, 0.25) is 0 Å². The third-order valence-corrected chi connectivity index (χ3v) is 3.78. The molecular weight excluding hydrogens is 208 g/mol. The Labute approximate surface area is 97.6 Å². The minimum Gasteiger partial charge on any atom is -0.390 e. The van der Waals surface area contributed by atoms with Crippen molar-refractivity contribution in [2.45, 2.75) is 18.9 Å². The van der Waals surface area contributed by atoms with Gasteiger partial charge in [0, 0.05) is 13.1 Å². The van der Waals surface area contributed by atoms with E-state index < -0.39 is 0 Å². The van der Waals surface area contributed by atoms with Gasteiger partial charge in [-0.3, -0.25) is 0 Å². The number of aliphatic hydroxyl groups excluding tert-OH is 1. The molecule has 1 rings (SSSR count). The molecule has 0 radical (unpaired) electrons. The van der Waals surface area contributed by atoms with Crippen molar-refractivity contribution < 1.29 is 5.11 Å². The van der Waals surface area contributed by atoms with Crippen LogP contribution in [-0.2, 0) is 0 Å². The number of nitrogens with one attached hydrogen (secondary N) is 1. The van der Waals surface area contributed by atoms with Crippen molar-refractivity contribution >= 4 is 11.8 Å². The molecule has 0 spiro atoms. The van der Waals surface area contributed by atoms with Gasteiger partial charge < -0.3 is 15.3 Å². The van der Waals surface area contributed by atoms with Crippen molar-refractivity contribution in [3.8, 4) is 0 Å². The second kappa shape index (κ2) is 7.49. The molecule has 1 fully saturated rings. The molecule has 0 bridgehead atoms. The summed E-state index contributed by atoms with van der Waals surface area (Å²) in [5, 5.41) is 13.0. The van der Waals surface area contributed by atoms with Crippen LogP contribution in [0.3, 0.4) is 0 Å². The average Bonchev–Trinajstić information content (AvgIpc) is 2.18. The highest BCUT2D eigenvalue weighted by Crippen LogP contribution is 2.21. The average molecular weight is 232 g/mol. The summed E-state index contributed by atoms with van der Waals surface area (Å²) in [6.07, 6.45) is 2.43. The number of thioether (sulfide) groups is 1. The smallest absolute Gasteiger partial charge is 0.0791 e. The monoisotopic (exact) mass is 232 g/mol. The van der Waals surface area contributed by atoms with Gasteiger partial charge in [-0.1, -0.05) is 0 Å². The van der Waals surface area contributed by atoms with E-state index in [0.717, 1.165) is 25.6 Å². The van der Waals surface area contributed by atoms with Crippen LogP contribution in [0.15, 0.2) is 0 Å². The van der Waals surface area contributed by atoms with E-state index in [1.165, 1.54) is 24.3 Å². The molecule has 15 heavy (non-hydrogen) atoms. The van der Waals surface area contributed by atoms with Gasteiger partial charge in [-0.25, -0.2) is 0 Å². The summed E-state index contributed by atoms with van der Waals surface area (Å²) in [6, 6.07) is 0. The van der Waals surface area contributed by atoms with E-state index in [-0.39, 0.29) is 6.10 Å². The van der Waals surface area contributed by atoms with Crippen LogP contribution >= 0.6 is 11.8 Å².